The second kappa shape index (κ2) is 9.69. The summed E-state index contributed by atoms with van der Waals surface area (Å²) in [5, 5.41) is 12.8. The maximum Gasteiger partial charge on any atom is 0.321 e. The molecule has 2 amide bonds. The molecule has 2 heterocycles. The standard InChI is InChI=1S/C24H25ClFN3O3/c25-18-2-1-3-20(13-18)28-24(32)29-9-7-15(12-23(30)31)17(14-29)11-22-21-5-4-19(26)10-16(21)6-8-27-22/h1-5,10,13,15,17H,6-9,11-12,14H2,(H,28,32)(H,30,31)/t15-,17-/m0/s1. The molecule has 2 aliphatic rings. The van der Waals surface area contributed by atoms with Crippen LogP contribution in [0.5, 0.6) is 0 Å². The number of halogens is 2. The van der Waals surface area contributed by atoms with Gasteiger partial charge in [0.05, 0.1) is 0 Å². The number of hydrogen-bond acceptors (Lipinski definition) is 3. The van der Waals surface area contributed by atoms with Crippen molar-refractivity contribution in [1.29, 1.82) is 0 Å². The molecule has 0 aromatic heterocycles. The highest BCUT2D eigenvalue weighted by atomic mass is 35.5. The van der Waals surface area contributed by atoms with Gasteiger partial charge in [0, 0.05) is 42.5 Å². The highest BCUT2D eigenvalue weighted by Crippen LogP contribution is 2.32. The summed E-state index contributed by atoms with van der Waals surface area (Å²) in [6.07, 6.45) is 1.90. The van der Waals surface area contributed by atoms with Gasteiger partial charge in [0.2, 0.25) is 0 Å². The molecule has 2 atom stereocenters. The Labute approximate surface area is 191 Å². The van der Waals surface area contributed by atoms with Gasteiger partial charge in [-0.25, -0.2) is 9.18 Å². The van der Waals surface area contributed by atoms with Crippen LogP contribution in [0.2, 0.25) is 5.02 Å². The van der Waals surface area contributed by atoms with E-state index in [-0.39, 0.29) is 30.1 Å². The molecule has 0 aliphatic carbocycles. The number of aliphatic imine (C=N–C) groups is 1. The summed E-state index contributed by atoms with van der Waals surface area (Å²) in [5.74, 6) is -1.23. The SMILES string of the molecule is O=C(O)C[C@@H]1CCN(C(=O)Nc2cccc(Cl)c2)C[C@@H]1CC1=NCCc2cc(F)ccc21. The smallest absolute Gasteiger partial charge is 0.321 e. The van der Waals surface area contributed by atoms with E-state index in [1.54, 1.807) is 41.3 Å². The lowest BCUT2D eigenvalue weighted by Crippen LogP contribution is -2.46. The summed E-state index contributed by atoms with van der Waals surface area (Å²) in [6, 6.07) is 11.4. The molecule has 2 N–H and O–H groups in total. The van der Waals surface area contributed by atoms with Crippen molar-refractivity contribution in [2.24, 2.45) is 16.8 Å². The Bertz CT molecular complexity index is 1060. The lowest BCUT2D eigenvalue weighted by molar-refractivity contribution is -0.138. The van der Waals surface area contributed by atoms with Crippen LogP contribution < -0.4 is 5.32 Å². The van der Waals surface area contributed by atoms with E-state index < -0.39 is 5.97 Å². The van der Waals surface area contributed by atoms with Crippen molar-refractivity contribution in [3.63, 3.8) is 0 Å². The molecular formula is C24H25ClFN3O3. The number of likely N-dealkylation sites (tertiary alicyclic amines) is 1. The van der Waals surface area contributed by atoms with Gasteiger partial charge in [-0.05, 0) is 78.6 Å². The number of carboxylic acids is 1. The molecule has 0 spiro atoms. The second-order valence-electron chi connectivity index (χ2n) is 8.38. The third-order valence-corrected chi connectivity index (χ3v) is 6.44. The zero-order valence-corrected chi connectivity index (χ0v) is 18.3. The summed E-state index contributed by atoms with van der Waals surface area (Å²) in [4.78, 5) is 30.7. The van der Waals surface area contributed by atoms with Gasteiger partial charge >= 0.3 is 12.0 Å². The molecule has 0 saturated carbocycles. The average Bonchev–Trinajstić information content (AvgIpc) is 2.74. The van der Waals surface area contributed by atoms with E-state index in [4.69, 9.17) is 11.6 Å². The molecule has 2 aromatic carbocycles. The Kier molecular flexibility index (Phi) is 6.74. The van der Waals surface area contributed by atoms with Crippen LogP contribution in [-0.4, -0.2) is 47.4 Å². The molecule has 4 rings (SSSR count). The minimum atomic E-state index is -0.843. The van der Waals surface area contributed by atoms with Crippen LogP contribution in [-0.2, 0) is 11.2 Å². The van der Waals surface area contributed by atoms with Gasteiger partial charge in [-0.3, -0.25) is 9.79 Å². The van der Waals surface area contributed by atoms with Gasteiger partial charge in [0.25, 0.3) is 0 Å². The lowest BCUT2D eigenvalue weighted by Gasteiger charge is -2.38. The van der Waals surface area contributed by atoms with Crippen LogP contribution in [0.15, 0.2) is 47.5 Å². The van der Waals surface area contributed by atoms with E-state index in [0.717, 1.165) is 16.8 Å². The molecule has 0 bridgehead atoms. The molecule has 1 fully saturated rings. The molecule has 8 heteroatoms. The lowest BCUT2D eigenvalue weighted by atomic mass is 9.78. The van der Waals surface area contributed by atoms with Gasteiger partial charge in [-0.1, -0.05) is 17.7 Å². The van der Waals surface area contributed by atoms with Crippen LogP contribution in [0.4, 0.5) is 14.9 Å². The maximum absolute atomic E-state index is 13.7. The van der Waals surface area contributed by atoms with Crippen molar-refractivity contribution in [1.82, 2.24) is 4.90 Å². The predicted octanol–water partition coefficient (Wildman–Crippen LogP) is 4.86. The first-order chi connectivity index (χ1) is 15.4. The molecule has 2 aliphatic heterocycles. The third-order valence-electron chi connectivity index (χ3n) is 6.21. The van der Waals surface area contributed by atoms with Crippen LogP contribution in [0, 0.1) is 17.7 Å². The van der Waals surface area contributed by atoms with Gasteiger partial charge < -0.3 is 15.3 Å². The third kappa shape index (κ3) is 5.27. The summed E-state index contributed by atoms with van der Waals surface area (Å²) in [6.45, 7) is 1.50. The molecule has 0 radical (unpaired) electrons. The molecule has 0 unspecified atom stereocenters. The number of carbonyl (C=O) groups excluding carboxylic acids is 1. The van der Waals surface area contributed by atoms with Gasteiger partial charge in [-0.2, -0.15) is 0 Å². The fraction of sp³-hybridized carbons (Fsp3) is 0.375. The summed E-state index contributed by atoms with van der Waals surface area (Å²) < 4.78 is 13.7. The van der Waals surface area contributed by atoms with Crippen molar-refractivity contribution in [3.8, 4) is 0 Å². The fourth-order valence-electron chi connectivity index (χ4n) is 4.63. The Morgan fingerprint density at radius 1 is 1.22 bits per heavy atom. The number of rotatable bonds is 5. The Balaban J connectivity index is 1.50. The highest BCUT2D eigenvalue weighted by Gasteiger charge is 2.34. The largest absolute Gasteiger partial charge is 0.481 e. The van der Waals surface area contributed by atoms with E-state index >= 15 is 0 Å². The van der Waals surface area contributed by atoms with E-state index in [9.17, 15) is 19.1 Å². The van der Waals surface area contributed by atoms with E-state index in [0.29, 0.717) is 49.6 Å². The molecule has 2 aromatic rings. The Morgan fingerprint density at radius 2 is 2.06 bits per heavy atom. The summed E-state index contributed by atoms with van der Waals surface area (Å²) >= 11 is 6.01. The number of amides is 2. The Hall–Kier alpha value is -2.93. The Morgan fingerprint density at radius 3 is 2.84 bits per heavy atom. The number of carboxylic acid groups (broad SMARTS) is 1. The van der Waals surface area contributed by atoms with E-state index in [1.807, 2.05) is 0 Å². The number of nitrogens with zero attached hydrogens (tertiary/aromatic N) is 2. The van der Waals surface area contributed by atoms with Crippen molar-refractivity contribution in [3.05, 3.63) is 64.4 Å². The van der Waals surface area contributed by atoms with Crippen LogP contribution in [0.1, 0.15) is 30.4 Å². The van der Waals surface area contributed by atoms with Crippen LogP contribution >= 0.6 is 11.6 Å². The number of urea groups is 1. The zero-order chi connectivity index (χ0) is 22.7. The summed E-state index contributed by atoms with van der Waals surface area (Å²) in [5.41, 5.74) is 3.33. The van der Waals surface area contributed by atoms with Crippen LogP contribution in [0.3, 0.4) is 0 Å². The van der Waals surface area contributed by atoms with Crippen LogP contribution in [0.25, 0.3) is 0 Å². The molecular weight excluding hydrogens is 433 g/mol. The number of carbonyl (C=O) groups is 2. The van der Waals surface area contributed by atoms with Crippen molar-refractivity contribution in [2.45, 2.75) is 25.7 Å². The van der Waals surface area contributed by atoms with Crippen molar-refractivity contribution in [2.75, 3.05) is 25.0 Å². The number of anilines is 1. The van der Waals surface area contributed by atoms with Gasteiger partial charge in [-0.15, -0.1) is 0 Å². The first kappa shape index (κ1) is 22.3. The van der Waals surface area contributed by atoms with Crippen molar-refractivity contribution < 1.29 is 19.1 Å². The van der Waals surface area contributed by atoms with E-state index in [2.05, 4.69) is 10.3 Å². The predicted molar refractivity (Wildman–Crippen MR) is 122 cm³/mol. The van der Waals surface area contributed by atoms with Crippen molar-refractivity contribution >= 4 is 35.0 Å². The maximum atomic E-state index is 13.7. The monoisotopic (exact) mass is 457 g/mol. The van der Waals surface area contributed by atoms with Gasteiger partial charge in [0.15, 0.2) is 0 Å². The minimum Gasteiger partial charge on any atom is -0.481 e. The normalized spacial score (nSPS) is 20.3. The molecule has 32 heavy (non-hydrogen) atoms. The zero-order valence-electron chi connectivity index (χ0n) is 17.6. The number of aliphatic carboxylic acids is 1. The molecule has 1 saturated heterocycles. The topological polar surface area (TPSA) is 82.0 Å². The minimum absolute atomic E-state index is 0.0535. The quantitative estimate of drug-likeness (QED) is 0.672. The summed E-state index contributed by atoms with van der Waals surface area (Å²) in [7, 11) is 0. The first-order valence-corrected chi connectivity index (χ1v) is 11.1. The fourth-order valence-corrected chi connectivity index (χ4v) is 4.82. The van der Waals surface area contributed by atoms with E-state index in [1.165, 1.54) is 6.07 Å². The average molecular weight is 458 g/mol. The molecule has 168 valence electrons. The highest BCUT2D eigenvalue weighted by molar-refractivity contribution is 6.30. The number of hydrogen-bond donors (Lipinski definition) is 2. The number of piperidine rings is 1. The first-order valence-electron chi connectivity index (χ1n) is 10.7. The molecule has 6 nitrogen and oxygen atoms in total. The number of nitrogens with one attached hydrogen (secondary N) is 1. The van der Waals surface area contributed by atoms with Gasteiger partial charge in [0.1, 0.15) is 5.82 Å². The number of fused-ring (bicyclic) bond motifs is 1. The second-order valence-corrected chi connectivity index (χ2v) is 8.81. The number of benzene rings is 2.